The molecule has 1 N–H and O–H groups in total. The van der Waals surface area contributed by atoms with Crippen LogP contribution in [-0.2, 0) is 14.8 Å². The lowest BCUT2D eigenvalue weighted by Crippen LogP contribution is -2.50. The molecule has 156 valence electrons. The van der Waals surface area contributed by atoms with Crippen LogP contribution in [0.5, 0.6) is 0 Å². The molecule has 6 nitrogen and oxygen atoms in total. The zero-order valence-corrected chi connectivity index (χ0v) is 18.6. The van der Waals surface area contributed by atoms with Crippen molar-refractivity contribution in [2.45, 2.75) is 18.7 Å². The summed E-state index contributed by atoms with van der Waals surface area (Å²) < 4.78 is 27.5. The van der Waals surface area contributed by atoms with Gasteiger partial charge in [0.25, 0.3) is 0 Å². The number of carbonyl (C=O) groups excluding carboxylic acids is 1. The predicted octanol–water partition coefficient (Wildman–Crippen LogP) is 3.56. The summed E-state index contributed by atoms with van der Waals surface area (Å²) in [6.45, 7) is 5.44. The van der Waals surface area contributed by atoms with E-state index in [0.29, 0.717) is 46.8 Å². The number of carbonyl (C=O) groups is 1. The van der Waals surface area contributed by atoms with Crippen molar-refractivity contribution in [3.05, 3.63) is 57.6 Å². The van der Waals surface area contributed by atoms with Gasteiger partial charge in [-0.05, 0) is 49.2 Å². The molecule has 0 radical (unpaired) electrons. The van der Waals surface area contributed by atoms with Gasteiger partial charge in [0, 0.05) is 31.2 Å². The lowest BCUT2D eigenvalue weighted by Gasteiger charge is -2.33. The van der Waals surface area contributed by atoms with Crippen LogP contribution in [-0.4, -0.2) is 56.3 Å². The van der Waals surface area contributed by atoms with E-state index in [-0.39, 0.29) is 12.5 Å². The van der Waals surface area contributed by atoms with E-state index in [0.717, 1.165) is 11.1 Å². The molecule has 1 aliphatic heterocycles. The Labute approximate surface area is 181 Å². The molecule has 29 heavy (non-hydrogen) atoms. The van der Waals surface area contributed by atoms with Crippen molar-refractivity contribution in [3.63, 3.8) is 0 Å². The van der Waals surface area contributed by atoms with Gasteiger partial charge in [-0.2, -0.15) is 4.31 Å². The summed E-state index contributed by atoms with van der Waals surface area (Å²) in [5.41, 5.74) is 2.10. The van der Waals surface area contributed by atoms with Crippen LogP contribution in [0.15, 0.2) is 41.3 Å². The van der Waals surface area contributed by atoms with Gasteiger partial charge in [-0.15, -0.1) is 0 Å². The standard InChI is InChI=1S/C20H23Cl2N3O3S/c1-14-3-4-15(2)19(11-14)29(27,28)25-9-7-24(8-10-25)13-20(26)23-18-12-16(21)5-6-17(18)22/h3-6,11-12H,7-10,13H2,1-2H3,(H,23,26). The van der Waals surface area contributed by atoms with E-state index in [1.807, 2.05) is 24.0 Å². The van der Waals surface area contributed by atoms with Gasteiger partial charge in [-0.3, -0.25) is 9.69 Å². The summed E-state index contributed by atoms with van der Waals surface area (Å²) in [7, 11) is -3.55. The molecule has 0 unspecified atom stereocenters. The minimum absolute atomic E-state index is 0.153. The van der Waals surface area contributed by atoms with Gasteiger partial charge in [0.15, 0.2) is 0 Å². The summed E-state index contributed by atoms with van der Waals surface area (Å²) in [6, 6.07) is 10.3. The first-order valence-electron chi connectivity index (χ1n) is 9.21. The average molecular weight is 456 g/mol. The largest absolute Gasteiger partial charge is 0.324 e. The highest BCUT2D eigenvalue weighted by atomic mass is 35.5. The normalized spacial score (nSPS) is 16.0. The van der Waals surface area contributed by atoms with Gasteiger partial charge < -0.3 is 5.32 Å². The first kappa shape index (κ1) is 22.1. The molecular weight excluding hydrogens is 433 g/mol. The van der Waals surface area contributed by atoms with Crippen LogP contribution in [0.3, 0.4) is 0 Å². The van der Waals surface area contributed by atoms with Gasteiger partial charge in [0.05, 0.1) is 22.2 Å². The second-order valence-corrected chi connectivity index (χ2v) is 9.87. The Bertz CT molecular complexity index is 1020. The minimum atomic E-state index is -3.55. The smallest absolute Gasteiger partial charge is 0.243 e. The molecule has 0 atom stereocenters. The lowest BCUT2D eigenvalue weighted by atomic mass is 10.2. The fourth-order valence-electron chi connectivity index (χ4n) is 3.24. The number of nitrogens with one attached hydrogen (secondary N) is 1. The average Bonchev–Trinajstić information content (AvgIpc) is 2.67. The molecule has 1 heterocycles. The second kappa shape index (κ2) is 9.02. The molecule has 9 heteroatoms. The maximum absolute atomic E-state index is 13.0. The third-order valence-electron chi connectivity index (χ3n) is 4.86. The Balaban J connectivity index is 1.59. The van der Waals surface area contributed by atoms with Crippen molar-refractivity contribution in [1.82, 2.24) is 9.21 Å². The van der Waals surface area contributed by atoms with Crippen LogP contribution < -0.4 is 5.32 Å². The summed E-state index contributed by atoms with van der Waals surface area (Å²) in [6.07, 6.45) is 0. The van der Waals surface area contributed by atoms with E-state index in [2.05, 4.69) is 5.32 Å². The van der Waals surface area contributed by atoms with Crippen LogP contribution in [0.2, 0.25) is 10.0 Å². The summed E-state index contributed by atoms with van der Waals surface area (Å²) in [5, 5.41) is 3.64. The number of rotatable bonds is 5. The molecule has 0 saturated carbocycles. The van der Waals surface area contributed by atoms with E-state index in [1.54, 1.807) is 31.2 Å². The molecule has 0 bridgehead atoms. The third kappa shape index (κ3) is 5.29. The number of hydrogen-bond donors (Lipinski definition) is 1. The van der Waals surface area contributed by atoms with E-state index >= 15 is 0 Å². The number of nitrogens with zero attached hydrogens (tertiary/aromatic N) is 2. The highest BCUT2D eigenvalue weighted by Gasteiger charge is 2.30. The number of halogens is 2. The Kier molecular flexibility index (Phi) is 6.86. The topological polar surface area (TPSA) is 69.7 Å². The van der Waals surface area contributed by atoms with Crippen molar-refractivity contribution in [3.8, 4) is 0 Å². The molecule has 0 spiro atoms. The number of piperazine rings is 1. The molecule has 1 saturated heterocycles. The molecular formula is C20H23Cl2N3O3S. The van der Waals surface area contributed by atoms with Crippen LogP contribution >= 0.6 is 23.2 Å². The van der Waals surface area contributed by atoms with Crippen molar-refractivity contribution in [2.24, 2.45) is 0 Å². The monoisotopic (exact) mass is 455 g/mol. The highest BCUT2D eigenvalue weighted by molar-refractivity contribution is 7.89. The van der Waals surface area contributed by atoms with Gasteiger partial charge in [-0.25, -0.2) is 8.42 Å². The van der Waals surface area contributed by atoms with Crippen LogP contribution in [0.4, 0.5) is 5.69 Å². The predicted molar refractivity (Wildman–Crippen MR) is 116 cm³/mol. The maximum Gasteiger partial charge on any atom is 0.243 e. The Morgan fingerprint density at radius 1 is 1.03 bits per heavy atom. The molecule has 0 aromatic heterocycles. The summed E-state index contributed by atoms with van der Waals surface area (Å²) in [4.78, 5) is 14.6. The van der Waals surface area contributed by atoms with Crippen molar-refractivity contribution < 1.29 is 13.2 Å². The number of benzene rings is 2. The van der Waals surface area contributed by atoms with Crippen LogP contribution in [0.25, 0.3) is 0 Å². The van der Waals surface area contributed by atoms with E-state index < -0.39 is 10.0 Å². The van der Waals surface area contributed by atoms with Crippen molar-refractivity contribution in [1.29, 1.82) is 0 Å². The van der Waals surface area contributed by atoms with E-state index in [4.69, 9.17) is 23.2 Å². The lowest BCUT2D eigenvalue weighted by molar-refractivity contribution is -0.117. The van der Waals surface area contributed by atoms with Crippen LogP contribution in [0.1, 0.15) is 11.1 Å². The highest BCUT2D eigenvalue weighted by Crippen LogP contribution is 2.26. The van der Waals surface area contributed by atoms with Crippen molar-refractivity contribution in [2.75, 3.05) is 38.0 Å². The minimum Gasteiger partial charge on any atom is -0.324 e. The fourth-order valence-corrected chi connectivity index (χ4v) is 5.31. The Morgan fingerprint density at radius 3 is 2.41 bits per heavy atom. The molecule has 1 aliphatic rings. The number of anilines is 1. The number of hydrogen-bond acceptors (Lipinski definition) is 4. The quantitative estimate of drug-likeness (QED) is 0.747. The molecule has 2 aromatic rings. The Morgan fingerprint density at radius 2 is 1.72 bits per heavy atom. The molecule has 1 amide bonds. The number of aryl methyl sites for hydroxylation is 2. The van der Waals surface area contributed by atoms with Crippen molar-refractivity contribution >= 4 is 44.8 Å². The second-order valence-electron chi connectivity index (χ2n) is 7.12. The van der Waals surface area contributed by atoms with Gasteiger partial charge in [0.1, 0.15) is 0 Å². The van der Waals surface area contributed by atoms with Crippen LogP contribution in [0, 0.1) is 13.8 Å². The molecule has 0 aliphatic carbocycles. The van der Waals surface area contributed by atoms with E-state index in [1.165, 1.54) is 4.31 Å². The zero-order valence-electron chi connectivity index (χ0n) is 16.3. The van der Waals surface area contributed by atoms with Gasteiger partial charge in [-0.1, -0.05) is 35.3 Å². The fraction of sp³-hybridized carbons (Fsp3) is 0.350. The molecule has 1 fully saturated rings. The first-order valence-corrected chi connectivity index (χ1v) is 11.4. The zero-order chi connectivity index (χ0) is 21.2. The summed E-state index contributed by atoms with van der Waals surface area (Å²) >= 11 is 12.0. The Hall–Kier alpha value is -1.64. The van der Waals surface area contributed by atoms with Gasteiger partial charge >= 0.3 is 0 Å². The SMILES string of the molecule is Cc1ccc(C)c(S(=O)(=O)N2CCN(CC(=O)Nc3cc(Cl)ccc3Cl)CC2)c1. The van der Waals surface area contributed by atoms with E-state index in [9.17, 15) is 13.2 Å². The molecule has 3 rings (SSSR count). The number of sulfonamides is 1. The first-order chi connectivity index (χ1) is 13.7. The third-order valence-corrected chi connectivity index (χ3v) is 7.47. The van der Waals surface area contributed by atoms with Gasteiger partial charge in [0.2, 0.25) is 15.9 Å². The molecule has 2 aromatic carbocycles. The number of amides is 1. The maximum atomic E-state index is 13.0. The summed E-state index contributed by atoms with van der Waals surface area (Å²) in [5.74, 6) is -0.222.